The summed E-state index contributed by atoms with van der Waals surface area (Å²) in [6.07, 6.45) is 6.19. The van der Waals surface area contributed by atoms with Crippen molar-refractivity contribution in [2.75, 3.05) is 11.4 Å². The third-order valence-corrected chi connectivity index (χ3v) is 4.45. The van der Waals surface area contributed by atoms with E-state index in [1.54, 1.807) is 12.3 Å². The molecule has 24 heavy (non-hydrogen) atoms. The molecule has 1 heterocycles. The van der Waals surface area contributed by atoms with Crippen LogP contribution in [0.3, 0.4) is 0 Å². The number of carbonyl (C=O) groups excluding carboxylic acids is 1. The number of carbonyl (C=O) groups is 1. The number of benzene rings is 1. The van der Waals surface area contributed by atoms with Gasteiger partial charge in [0, 0.05) is 25.3 Å². The minimum Gasteiger partial charge on any atom is -0.348 e. The van der Waals surface area contributed by atoms with Gasteiger partial charge in [-0.1, -0.05) is 43.2 Å². The van der Waals surface area contributed by atoms with Gasteiger partial charge in [0.2, 0.25) is 5.95 Å². The summed E-state index contributed by atoms with van der Waals surface area (Å²) in [7, 11) is 0. The Kier molecular flexibility index (Phi) is 5.41. The Morgan fingerprint density at radius 3 is 2.67 bits per heavy atom. The molecule has 0 saturated heterocycles. The number of rotatable bonds is 6. The number of hydrogen-bond donors (Lipinski definition) is 1. The van der Waals surface area contributed by atoms with Crippen molar-refractivity contribution in [3.05, 3.63) is 53.9 Å². The highest BCUT2D eigenvalue weighted by Gasteiger charge is 2.19. The van der Waals surface area contributed by atoms with E-state index in [1.807, 2.05) is 18.2 Å². The lowest BCUT2D eigenvalue weighted by Crippen LogP contribution is -2.33. The minimum absolute atomic E-state index is 0.0960. The third-order valence-electron chi connectivity index (χ3n) is 4.45. The normalized spacial score (nSPS) is 14.5. The van der Waals surface area contributed by atoms with Crippen LogP contribution in [0.4, 0.5) is 5.95 Å². The molecule has 1 fully saturated rings. The highest BCUT2D eigenvalue weighted by molar-refractivity contribution is 5.92. The maximum Gasteiger partial charge on any atom is 0.270 e. The maximum atomic E-state index is 12.4. The van der Waals surface area contributed by atoms with Crippen molar-refractivity contribution >= 4 is 11.9 Å². The van der Waals surface area contributed by atoms with Crippen LogP contribution in [0.2, 0.25) is 0 Å². The molecular formula is C19H24N4O. The Morgan fingerprint density at radius 2 is 1.96 bits per heavy atom. The van der Waals surface area contributed by atoms with Gasteiger partial charge < -0.3 is 10.2 Å². The van der Waals surface area contributed by atoms with Gasteiger partial charge in [0.05, 0.1) is 0 Å². The minimum atomic E-state index is -0.0960. The number of nitrogens with zero attached hydrogens (tertiary/aromatic N) is 3. The quantitative estimate of drug-likeness (QED) is 0.886. The van der Waals surface area contributed by atoms with Gasteiger partial charge in [0.25, 0.3) is 5.91 Å². The summed E-state index contributed by atoms with van der Waals surface area (Å²) in [4.78, 5) is 23.3. The van der Waals surface area contributed by atoms with Gasteiger partial charge >= 0.3 is 0 Å². The van der Waals surface area contributed by atoms with Crippen molar-refractivity contribution in [2.45, 2.75) is 45.2 Å². The average molecular weight is 324 g/mol. The van der Waals surface area contributed by atoms with E-state index in [2.05, 4.69) is 39.2 Å². The summed E-state index contributed by atoms with van der Waals surface area (Å²) in [5, 5.41) is 3.08. The predicted molar refractivity (Wildman–Crippen MR) is 94.9 cm³/mol. The van der Waals surface area contributed by atoms with Crippen LogP contribution in [0.1, 0.15) is 48.7 Å². The fourth-order valence-corrected chi connectivity index (χ4v) is 3.08. The van der Waals surface area contributed by atoms with E-state index in [4.69, 9.17) is 0 Å². The molecule has 1 N–H and O–H groups in total. The maximum absolute atomic E-state index is 12.4. The fourth-order valence-electron chi connectivity index (χ4n) is 3.08. The number of aromatic nitrogens is 2. The monoisotopic (exact) mass is 324 g/mol. The molecule has 1 aromatic heterocycles. The smallest absolute Gasteiger partial charge is 0.270 e. The van der Waals surface area contributed by atoms with Crippen molar-refractivity contribution in [1.29, 1.82) is 0 Å². The molecule has 0 radical (unpaired) electrons. The summed E-state index contributed by atoms with van der Waals surface area (Å²) in [6.45, 7) is 3.57. The first-order valence-electron chi connectivity index (χ1n) is 8.69. The van der Waals surface area contributed by atoms with E-state index in [0.29, 0.717) is 17.7 Å². The number of hydrogen-bond acceptors (Lipinski definition) is 4. The lowest BCUT2D eigenvalue weighted by atomic mass is 10.2. The van der Waals surface area contributed by atoms with E-state index in [-0.39, 0.29) is 5.91 Å². The topological polar surface area (TPSA) is 58.1 Å². The Bertz CT molecular complexity index is 668. The third kappa shape index (κ3) is 4.10. The van der Waals surface area contributed by atoms with Crippen molar-refractivity contribution < 1.29 is 4.79 Å². The first-order valence-corrected chi connectivity index (χ1v) is 8.69. The van der Waals surface area contributed by atoms with Gasteiger partial charge in [-0.2, -0.15) is 0 Å². The molecule has 1 amide bonds. The number of nitrogens with one attached hydrogen (secondary N) is 1. The van der Waals surface area contributed by atoms with Gasteiger partial charge in [-0.15, -0.1) is 0 Å². The van der Waals surface area contributed by atoms with Gasteiger partial charge in [-0.25, -0.2) is 9.97 Å². The van der Waals surface area contributed by atoms with Crippen LogP contribution in [0, 0.1) is 0 Å². The van der Waals surface area contributed by atoms with Crippen LogP contribution in [0.25, 0.3) is 0 Å². The van der Waals surface area contributed by atoms with E-state index in [9.17, 15) is 4.79 Å². The summed E-state index contributed by atoms with van der Waals surface area (Å²) in [5.74, 6) is 0.502. The molecular weight excluding hydrogens is 300 g/mol. The highest BCUT2D eigenvalue weighted by Crippen LogP contribution is 2.18. The van der Waals surface area contributed by atoms with E-state index in [0.717, 1.165) is 25.9 Å². The molecule has 2 aromatic rings. The van der Waals surface area contributed by atoms with Gasteiger partial charge in [0.15, 0.2) is 0 Å². The van der Waals surface area contributed by atoms with Crippen LogP contribution < -0.4 is 10.2 Å². The zero-order valence-corrected chi connectivity index (χ0v) is 14.1. The van der Waals surface area contributed by atoms with Crippen LogP contribution >= 0.6 is 0 Å². The Balaban J connectivity index is 1.71. The number of anilines is 1. The second-order valence-electron chi connectivity index (χ2n) is 6.20. The molecule has 0 unspecified atom stereocenters. The molecule has 0 bridgehead atoms. The largest absolute Gasteiger partial charge is 0.348 e. The standard InChI is InChI=1S/C19H24N4O/c1-2-23(14-15-8-4-3-5-9-15)19-20-13-12-17(22-19)18(24)21-16-10-6-7-11-16/h3-5,8-9,12-13,16H,2,6-7,10-11,14H2,1H3,(H,21,24). The van der Waals surface area contributed by atoms with Crippen LogP contribution in [0.5, 0.6) is 0 Å². The Hall–Kier alpha value is -2.43. The van der Waals surface area contributed by atoms with Crippen LogP contribution in [-0.2, 0) is 6.54 Å². The van der Waals surface area contributed by atoms with Gasteiger partial charge in [-0.05, 0) is 31.4 Å². The summed E-state index contributed by atoms with van der Waals surface area (Å²) in [5.41, 5.74) is 1.64. The molecule has 1 aromatic carbocycles. The van der Waals surface area contributed by atoms with Crippen molar-refractivity contribution in [3.63, 3.8) is 0 Å². The molecule has 1 aliphatic rings. The molecule has 1 aliphatic carbocycles. The second-order valence-corrected chi connectivity index (χ2v) is 6.20. The number of amides is 1. The van der Waals surface area contributed by atoms with Crippen molar-refractivity contribution in [3.8, 4) is 0 Å². The highest BCUT2D eigenvalue weighted by atomic mass is 16.1. The van der Waals surface area contributed by atoms with Crippen molar-refractivity contribution in [1.82, 2.24) is 15.3 Å². The molecule has 5 nitrogen and oxygen atoms in total. The molecule has 5 heteroatoms. The Morgan fingerprint density at radius 1 is 1.21 bits per heavy atom. The van der Waals surface area contributed by atoms with Gasteiger partial charge in [0.1, 0.15) is 5.69 Å². The predicted octanol–water partition coefficient (Wildman–Crippen LogP) is 3.18. The lowest BCUT2D eigenvalue weighted by Gasteiger charge is -2.21. The SMILES string of the molecule is CCN(Cc1ccccc1)c1nccc(C(=O)NC2CCCC2)n1. The van der Waals surface area contributed by atoms with E-state index in [1.165, 1.54) is 18.4 Å². The summed E-state index contributed by atoms with van der Waals surface area (Å²) < 4.78 is 0. The second kappa shape index (κ2) is 7.90. The molecule has 0 aliphatic heterocycles. The zero-order valence-electron chi connectivity index (χ0n) is 14.1. The zero-order chi connectivity index (χ0) is 16.8. The lowest BCUT2D eigenvalue weighted by molar-refractivity contribution is 0.0932. The van der Waals surface area contributed by atoms with Crippen molar-refractivity contribution in [2.24, 2.45) is 0 Å². The molecule has 0 spiro atoms. The average Bonchev–Trinajstić information content (AvgIpc) is 3.13. The fraction of sp³-hybridized carbons (Fsp3) is 0.421. The molecule has 3 rings (SSSR count). The molecule has 126 valence electrons. The Labute approximate surface area is 143 Å². The van der Waals surface area contributed by atoms with Crippen LogP contribution in [0.15, 0.2) is 42.6 Å². The summed E-state index contributed by atoms with van der Waals surface area (Å²) in [6, 6.07) is 12.2. The summed E-state index contributed by atoms with van der Waals surface area (Å²) >= 11 is 0. The molecule has 0 atom stereocenters. The van der Waals surface area contributed by atoms with Crippen LogP contribution in [-0.4, -0.2) is 28.5 Å². The first kappa shape index (κ1) is 16.4. The van der Waals surface area contributed by atoms with Gasteiger partial charge in [-0.3, -0.25) is 4.79 Å². The van der Waals surface area contributed by atoms with E-state index < -0.39 is 0 Å². The molecule has 1 saturated carbocycles. The first-order chi connectivity index (χ1) is 11.8. The van der Waals surface area contributed by atoms with E-state index >= 15 is 0 Å².